The van der Waals surface area contributed by atoms with E-state index in [1.54, 1.807) is 6.07 Å². The van der Waals surface area contributed by atoms with Gasteiger partial charge in [-0.25, -0.2) is 4.98 Å². The minimum Gasteiger partial charge on any atom is -0.350 e. The van der Waals surface area contributed by atoms with Crippen molar-refractivity contribution in [3.05, 3.63) is 60.3 Å². The summed E-state index contributed by atoms with van der Waals surface area (Å²) in [4.78, 5) is 18.4. The third-order valence-corrected chi connectivity index (χ3v) is 2.82. The summed E-state index contributed by atoms with van der Waals surface area (Å²) in [5.41, 5.74) is 7.00. The third-order valence-electron chi connectivity index (χ3n) is 2.82. The van der Waals surface area contributed by atoms with Gasteiger partial charge in [-0.2, -0.15) is 4.39 Å². The Morgan fingerprint density at radius 2 is 2.05 bits per heavy atom. The Morgan fingerprint density at radius 1 is 1.20 bits per heavy atom. The third kappa shape index (κ3) is 2.44. The largest absolute Gasteiger partial charge is 0.350 e. The van der Waals surface area contributed by atoms with Crippen LogP contribution in [0.1, 0.15) is 10.5 Å². The number of carbonyl (C=O) groups is 1. The molecule has 0 saturated heterocycles. The van der Waals surface area contributed by atoms with Crippen molar-refractivity contribution in [3.63, 3.8) is 0 Å². The molecule has 5 nitrogen and oxygen atoms in total. The van der Waals surface area contributed by atoms with Crippen LogP contribution in [0, 0.1) is 5.95 Å². The zero-order valence-electron chi connectivity index (χ0n) is 10.4. The van der Waals surface area contributed by atoms with E-state index in [2.05, 4.69) is 20.8 Å². The molecule has 0 aliphatic heterocycles. The van der Waals surface area contributed by atoms with Gasteiger partial charge in [-0.3, -0.25) is 15.6 Å². The van der Waals surface area contributed by atoms with E-state index in [0.717, 1.165) is 10.9 Å². The van der Waals surface area contributed by atoms with Crippen LogP contribution in [0.3, 0.4) is 0 Å². The summed E-state index contributed by atoms with van der Waals surface area (Å²) in [6.07, 6.45) is 1.29. The molecule has 1 amide bonds. The predicted molar refractivity (Wildman–Crippen MR) is 73.6 cm³/mol. The second-order valence-electron chi connectivity index (χ2n) is 4.22. The first-order valence-electron chi connectivity index (χ1n) is 5.98. The number of benzene rings is 1. The molecular weight excluding hydrogens is 259 g/mol. The van der Waals surface area contributed by atoms with Gasteiger partial charge in [-0.1, -0.05) is 18.2 Å². The molecule has 0 spiro atoms. The molecule has 0 radical (unpaired) electrons. The molecule has 0 saturated carbocycles. The molecule has 0 bridgehead atoms. The first kappa shape index (κ1) is 12.2. The number of hydrogen-bond acceptors (Lipinski definition) is 3. The number of fused-ring (bicyclic) bond motifs is 1. The minimum atomic E-state index is -0.572. The Balaban J connectivity index is 1.71. The van der Waals surface area contributed by atoms with Gasteiger partial charge in [0.15, 0.2) is 0 Å². The Bertz CT molecular complexity index is 718. The number of hydrazine groups is 1. The second-order valence-corrected chi connectivity index (χ2v) is 4.22. The highest BCUT2D eigenvalue weighted by molar-refractivity contribution is 5.98. The number of amides is 1. The van der Waals surface area contributed by atoms with Gasteiger partial charge in [0.05, 0.1) is 11.9 Å². The lowest BCUT2D eigenvalue weighted by molar-refractivity contribution is 0.0958. The van der Waals surface area contributed by atoms with Gasteiger partial charge in [-0.15, -0.1) is 0 Å². The van der Waals surface area contributed by atoms with E-state index in [1.807, 2.05) is 24.3 Å². The number of nitrogens with zero attached hydrogens (tertiary/aromatic N) is 1. The van der Waals surface area contributed by atoms with Crippen molar-refractivity contribution in [1.29, 1.82) is 0 Å². The Hall–Kier alpha value is -2.89. The smallest absolute Gasteiger partial charge is 0.286 e. The normalized spacial score (nSPS) is 10.4. The number of para-hydroxylation sites is 1. The Morgan fingerprint density at radius 3 is 2.80 bits per heavy atom. The van der Waals surface area contributed by atoms with Gasteiger partial charge in [0.25, 0.3) is 5.91 Å². The van der Waals surface area contributed by atoms with Crippen molar-refractivity contribution in [1.82, 2.24) is 15.4 Å². The van der Waals surface area contributed by atoms with Crippen LogP contribution in [0.15, 0.2) is 48.7 Å². The average Bonchev–Trinajstić information content (AvgIpc) is 2.90. The summed E-state index contributed by atoms with van der Waals surface area (Å²) < 4.78 is 12.6. The lowest BCUT2D eigenvalue weighted by atomic mass is 10.2. The number of aromatic amines is 1. The molecule has 3 rings (SSSR count). The van der Waals surface area contributed by atoms with E-state index >= 15 is 0 Å². The van der Waals surface area contributed by atoms with Gasteiger partial charge in [0, 0.05) is 10.9 Å². The van der Waals surface area contributed by atoms with Crippen molar-refractivity contribution < 1.29 is 9.18 Å². The van der Waals surface area contributed by atoms with Crippen LogP contribution in [0.4, 0.5) is 10.1 Å². The second kappa shape index (κ2) is 5.00. The van der Waals surface area contributed by atoms with Gasteiger partial charge in [0.2, 0.25) is 5.95 Å². The number of halogens is 1. The highest BCUT2D eigenvalue weighted by Crippen LogP contribution is 2.14. The van der Waals surface area contributed by atoms with E-state index in [0.29, 0.717) is 11.4 Å². The monoisotopic (exact) mass is 270 g/mol. The number of pyridine rings is 1. The number of anilines is 1. The van der Waals surface area contributed by atoms with Crippen LogP contribution in [0.25, 0.3) is 10.9 Å². The molecule has 3 N–H and O–H groups in total. The van der Waals surface area contributed by atoms with Crippen molar-refractivity contribution in [2.24, 2.45) is 0 Å². The lowest BCUT2D eigenvalue weighted by Gasteiger charge is -2.06. The number of H-pyrrole nitrogens is 1. The van der Waals surface area contributed by atoms with Crippen molar-refractivity contribution in [2.45, 2.75) is 0 Å². The van der Waals surface area contributed by atoms with Crippen LogP contribution in [-0.2, 0) is 0 Å². The maximum atomic E-state index is 12.6. The minimum absolute atomic E-state index is 0.314. The SMILES string of the molecule is O=C(NNc1ccc(F)nc1)c1cc2ccccc2[nH]1. The van der Waals surface area contributed by atoms with Crippen LogP contribution in [-0.4, -0.2) is 15.9 Å². The first-order valence-corrected chi connectivity index (χ1v) is 5.98. The Labute approximate surface area is 113 Å². The van der Waals surface area contributed by atoms with Gasteiger partial charge in [0.1, 0.15) is 5.69 Å². The van der Waals surface area contributed by atoms with Gasteiger partial charge in [-0.05, 0) is 24.3 Å². The fraction of sp³-hybridized carbons (Fsp3) is 0. The number of aromatic nitrogens is 2. The molecule has 1 aromatic carbocycles. The van der Waals surface area contributed by atoms with Gasteiger partial charge < -0.3 is 4.98 Å². The quantitative estimate of drug-likeness (QED) is 0.506. The molecule has 2 heterocycles. The van der Waals surface area contributed by atoms with Crippen molar-refractivity contribution >= 4 is 22.5 Å². The number of rotatable bonds is 3. The zero-order valence-corrected chi connectivity index (χ0v) is 10.4. The van der Waals surface area contributed by atoms with E-state index in [9.17, 15) is 9.18 Å². The zero-order chi connectivity index (χ0) is 13.9. The Kier molecular flexibility index (Phi) is 3.04. The maximum absolute atomic E-state index is 12.6. The van der Waals surface area contributed by atoms with E-state index in [-0.39, 0.29) is 5.91 Å². The van der Waals surface area contributed by atoms with Gasteiger partial charge >= 0.3 is 0 Å². The molecule has 2 aromatic heterocycles. The molecule has 0 unspecified atom stereocenters. The summed E-state index contributed by atoms with van der Waals surface area (Å²) >= 11 is 0. The summed E-state index contributed by atoms with van der Waals surface area (Å²) in [5, 5.41) is 0.959. The molecule has 100 valence electrons. The van der Waals surface area contributed by atoms with Crippen LogP contribution >= 0.6 is 0 Å². The fourth-order valence-corrected chi connectivity index (χ4v) is 1.84. The fourth-order valence-electron chi connectivity index (χ4n) is 1.84. The molecule has 0 atom stereocenters. The van der Waals surface area contributed by atoms with Crippen LogP contribution in [0.2, 0.25) is 0 Å². The van der Waals surface area contributed by atoms with Crippen LogP contribution < -0.4 is 10.9 Å². The molecule has 3 aromatic rings. The maximum Gasteiger partial charge on any atom is 0.286 e. The summed E-state index contributed by atoms with van der Waals surface area (Å²) in [5.74, 6) is -0.886. The first-order chi connectivity index (χ1) is 9.72. The topological polar surface area (TPSA) is 69.8 Å². The molecular formula is C14H11FN4O. The number of hydrogen-bond donors (Lipinski definition) is 3. The standard InChI is InChI=1S/C14H11FN4O/c15-13-6-5-10(8-16-13)18-19-14(20)12-7-9-3-1-2-4-11(9)17-12/h1-8,17-18H,(H,19,20). The molecule has 6 heteroatoms. The number of nitrogens with one attached hydrogen (secondary N) is 3. The average molecular weight is 270 g/mol. The van der Waals surface area contributed by atoms with Crippen molar-refractivity contribution in [2.75, 3.05) is 5.43 Å². The highest BCUT2D eigenvalue weighted by atomic mass is 19.1. The van der Waals surface area contributed by atoms with Crippen LogP contribution in [0.5, 0.6) is 0 Å². The summed E-state index contributed by atoms with van der Waals surface area (Å²) in [7, 11) is 0. The van der Waals surface area contributed by atoms with E-state index in [1.165, 1.54) is 18.3 Å². The predicted octanol–water partition coefficient (Wildman–Crippen LogP) is 2.46. The molecule has 0 aliphatic carbocycles. The van der Waals surface area contributed by atoms with Crippen molar-refractivity contribution in [3.8, 4) is 0 Å². The van der Waals surface area contributed by atoms with E-state index in [4.69, 9.17) is 0 Å². The number of carbonyl (C=O) groups excluding carboxylic acids is 1. The molecule has 0 aliphatic rings. The lowest BCUT2D eigenvalue weighted by Crippen LogP contribution is -2.29. The van der Waals surface area contributed by atoms with E-state index < -0.39 is 5.95 Å². The highest BCUT2D eigenvalue weighted by Gasteiger charge is 2.08. The summed E-state index contributed by atoms with van der Waals surface area (Å²) in [6, 6.07) is 12.0. The molecule has 20 heavy (non-hydrogen) atoms. The molecule has 0 fully saturated rings. The summed E-state index contributed by atoms with van der Waals surface area (Å²) in [6.45, 7) is 0.